The zero-order valence-electron chi connectivity index (χ0n) is 5.49. The van der Waals surface area contributed by atoms with Gasteiger partial charge in [0.15, 0.2) is 0 Å². The minimum atomic E-state index is -0.722. The van der Waals surface area contributed by atoms with Crippen LogP contribution in [-0.4, -0.2) is 29.0 Å². The van der Waals surface area contributed by atoms with Gasteiger partial charge in [-0.1, -0.05) is 12.2 Å². The molecule has 0 aromatic carbocycles. The van der Waals surface area contributed by atoms with E-state index in [1.54, 1.807) is 19.1 Å². The van der Waals surface area contributed by atoms with Gasteiger partial charge in [-0.15, -0.1) is 0 Å². The van der Waals surface area contributed by atoms with Crippen LogP contribution in [0.5, 0.6) is 0 Å². The highest BCUT2D eigenvalue weighted by molar-refractivity contribution is 4.91. The van der Waals surface area contributed by atoms with E-state index in [0.717, 1.165) is 0 Å². The van der Waals surface area contributed by atoms with Crippen LogP contribution in [0.3, 0.4) is 0 Å². The summed E-state index contributed by atoms with van der Waals surface area (Å²) < 4.78 is 0. The second kappa shape index (κ2) is 4.49. The molecule has 0 aliphatic carbocycles. The third-order valence-electron chi connectivity index (χ3n) is 1.04. The standard InChI is InChI=1S/C6H13NO2/c1-2-3-6(9)5(7)4-8/h2-3,5-6,8-9H,4,7H2,1H3/b3-2+/t5?,6-/m1/s1. The first-order valence-corrected chi connectivity index (χ1v) is 2.89. The number of hydrogen-bond donors (Lipinski definition) is 3. The van der Waals surface area contributed by atoms with Crippen LogP contribution in [0.15, 0.2) is 12.2 Å². The van der Waals surface area contributed by atoms with Crippen molar-refractivity contribution in [2.75, 3.05) is 6.61 Å². The summed E-state index contributed by atoms with van der Waals surface area (Å²) in [6.07, 6.45) is 2.51. The lowest BCUT2D eigenvalue weighted by atomic mass is 10.2. The first-order chi connectivity index (χ1) is 4.22. The molecular weight excluding hydrogens is 118 g/mol. The Morgan fingerprint density at radius 1 is 1.67 bits per heavy atom. The van der Waals surface area contributed by atoms with Gasteiger partial charge < -0.3 is 15.9 Å². The van der Waals surface area contributed by atoms with Crippen molar-refractivity contribution < 1.29 is 10.2 Å². The highest BCUT2D eigenvalue weighted by atomic mass is 16.3. The molecule has 2 atom stereocenters. The van der Waals surface area contributed by atoms with Crippen LogP contribution in [0.4, 0.5) is 0 Å². The molecule has 0 saturated carbocycles. The Morgan fingerprint density at radius 3 is 2.56 bits per heavy atom. The van der Waals surface area contributed by atoms with Gasteiger partial charge in [0.05, 0.1) is 18.8 Å². The summed E-state index contributed by atoms with van der Waals surface area (Å²) in [4.78, 5) is 0. The molecule has 3 nitrogen and oxygen atoms in total. The largest absolute Gasteiger partial charge is 0.395 e. The Labute approximate surface area is 54.8 Å². The third-order valence-corrected chi connectivity index (χ3v) is 1.04. The summed E-state index contributed by atoms with van der Waals surface area (Å²) in [6, 6.07) is -0.554. The van der Waals surface area contributed by atoms with E-state index < -0.39 is 12.1 Å². The monoisotopic (exact) mass is 131 g/mol. The van der Waals surface area contributed by atoms with E-state index in [1.807, 2.05) is 0 Å². The maximum atomic E-state index is 8.95. The topological polar surface area (TPSA) is 66.5 Å². The van der Waals surface area contributed by atoms with E-state index in [-0.39, 0.29) is 6.61 Å². The quantitative estimate of drug-likeness (QED) is 0.441. The normalized spacial score (nSPS) is 18.2. The van der Waals surface area contributed by atoms with Crippen LogP contribution in [0.2, 0.25) is 0 Å². The number of nitrogens with two attached hydrogens (primary N) is 1. The van der Waals surface area contributed by atoms with Gasteiger partial charge in [-0.05, 0) is 6.92 Å². The lowest BCUT2D eigenvalue weighted by Gasteiger charge is -2.10. The number of aliphatic hydroxyl groups is 2. The van der Waals surface area contributed by atoms with E-state index in [2.05, 4.69) is 0 Å². The predicted octanol–water partition coefficient (Wildman–Crippen LogP) is -0.757. The summed E-state index contributed by atoms with van der Waals surface area (Å²) in [5.74, 6) is 0. The van der Waals surface area contributed by atoms with Crippen LogP contribution < -0.4 is 5.73 Å². The molecule has 0 bridgehead atoms. The highest BCUT2D eigenvalue weighted by Crippen LogP contribution is 1.90. The van der Waals surface area contributed by atoms with Crippen LogP contribution in [0, 0.1) is 0 Å². The van der Waals surface area contributed by atoms with Gasteiger partial charge in [0.25, 0.3) is 0 Å². The second-order valence-corrected chi connectivity index (χ2v) is 1.86. The number of aliphatic hydroxyl groups excluding tert-OH is 2. The van der Waals surface area contributed by atoms with Crippen LogP contribution in [0.1, 0.15) is 6.92 Å². The van der Waals surface area contributed by atoms with Gasteiger partial charge in [0, 0.05) is 0 Å². The van der Waals surface area contributed by atoms with Crippen molar-refractivity contribution in [1.82, 2.24) is 0 Å². The number of allylic oxidation sites excluding steroid dienone is 1. The van der Waals surface area contributed by atoms with E-state index >= 15 is 0 Å². The maximum Gasteiger partial charge on any atom is 0.0894 e. The van der Waals surface area contributed by atoms with Crippen molar-refractivity contribution >= 4 is 0 Å². The van der Waals surface area contributed by atoms with Crippen molar-refractivity contribution in [2.45, 2.75) is 19.1 Å². The molecular formula is C6H13NO2. The maximum absolute atomic E-state index is 8.95. The molecule has 0 aliphatic rings. The van der Waals surface area contributed by atoms with Crippen molar-refractivity contribution in [2.24, 2.45) is 5.73 Å². The first-order valence-electron chi connectivity index (χ1n) is 2.89. The molecule has 9 heavy (non-hydrogen) atoms. The Balaban J connectivity index is 3.58. The average molecular weight is 131 g/mol. The summed E-state index contributed by atoms with van der Waals surface area (Å²) in [5, 5.41) is 17.4. The molecule has 0 saturated heterocycles. The third kappa shape index (κ3) is 3.24. The SMILES string of the molecule is C/C=C/[C@@H](O)C(N)CO. The highest BCUT2D eigenvalue weighted by Gasteiger charge is 2.07. The van der Waals surface area contributed by atoms with Crippen molar-refractivity contribution in [1.29, 1.82) is 0 Å². The van der Waals surface area contributed by atoms with Crippen LogP contribution >= 0.6 is 0 Å². The fourth-order valence-corrected chi connectivity index (χ4v) is 0.448. The molecule has 0 rings (SSSR count). The van der Waals surface area contributed by atoms with E-state index in [9.17, 15) is 0 Å². The van der Waals surface area contributed by atoms with Gasteiger partial charge in [-0.25, -0.2) is 0 Å². The van der Waals surface area contributed by atoms with Gasteiger partial charge in [-0.3, -0.25) is 0 Å². The molecule has 0 aromatic rings. The molecule has 0 aromatic heterocycles. The molecule has 4 N–H and O–H groups in total. The van der Waals surface area contributed by atoms with Crippen LogP contribution in [0.25, 0.3) is 0 Å². The lowest BCUT2D eigenvalue weighted by molar-refractivity contribution is 0.144. The number of rotatable bonds is 3. The van der Waals surface area contributed by atoms with Gasteiger partial charge in [0.2, 0.25) is 0 Å². The fraction of sp³-hybridized carbons (Fsp3) is 0.667. The molecule has 0 radical (unpaired) electrons. The molecule has 3 heteroatoms. The second-order valence-electron chi connectivity index (χ2n) is 1.86. The van der Waals surface area contributed by atoms with E-state index in [0.29, 0.717) is 0 Å². The molecule has 0 heterocycles. The van der Waals surface area contributed by atoms with E-state index in [1.165, 1.54) is 0 Å². The van der Waals surface area contributed by atoms with E-state index in [4.69, 9.17) is 15.9 Å². The smallest absolute Gasteiger partial charge is 0.0894 e. The zero-order valence-corrected chi connectivity index (χ0v) is 5.49. The summed E-state index contributed by atoms with van der Waals surface area (Å²) >= 11 is 0. The molecule has 0 fully saturated rings. The Kier molecular flexibility index (Phi) is 4.30. The zero-order chi connectivity index (χ0) is 7.28. The lowest BCUT2D eigenvalue weighted by Crippen LogP contribution is -2.36. The minimum Gasteiger partial charge on any atom is -0.395 e. The van der Waals surface area contributed by atoms with Gasteiger partial charge in [0.1, 0.15) is 0 Å². The molecule has 0 amide bonds. The fourth-order valence-electron chi connectivity index (χ4n) is 0.448. The molecule has 1 unspecified atom stereocenters. The minimum absolute atomic E-state index is 0.189. The summed E-state index contributed by atoms with van der Waals surface area (Å²) in [5.41, 5.74) is 5.25. The first kappa shape index (κ1) is 8.62. The Morgan fingerprint density at radius 2 is 2.22 bits per heavy atom. The average Bonchev–Trinajstić information content (AvgIpc) is 1.87. The Hall–Kier alpha value is -0.380. The van der Waals surface area contributed by atoms with Crippen molar-refractivity contribution in [3.8, 4) is 0 Å². The summed E-state index contributed by atoms with van der Waals surface area (Å²) in [6.45, 7) is 1.60. The van der Waals surface area contributed by atoms with Gasteiger partial charge in [-0.2, -0.15) is 0 Å². The van der Waals surface area contributed by atoms with Crippen LogP contribution in [-0.2, 0) is 0 Å². The van der Waals surface area contributed by atoms with Gasteiger partial charge >= 0.3 is 0 Å². The predicted molar refractivity (Wildman–Crippen MR) is 35.9 cm³/mol. The molecule has 54 valence electrons. The van der Waals surface area contributed by atoms with Crippen molar-refractivity contribution in [3.05, 3.63) is 12.2 Å². The van der Waals surface area contributed by atoms with Crippen molar-refractivity contribution in [3.63, 3.8) is 0 Å². The summed E-state index contributed by atoms with van der Waals surface area (Å²) in [7, 11) is 0. The number of hydrogen-bond acceptors (Lipinski definition) is 3. The Bertz CT molecular complexity index is 93.1. The molecule has 0 aliphatic heterocycles. The molecule has 0 spiro atoms.